The van der Waals surface area contributed by atoms with Crippen molar-refractivity contribution in [2.75, 3.05) is 26.2 Å². The van der Waals surface area contributed by atoms with Crippen molar-refractivity contribution in [2.45, 2.75) is 156 Å². The molecule has 8 aliphatic rings. The summed E-state index contributed by atoms with van der Waals surface area (Å²) in [5.74, 6) is 1.80. The molecule has 2 amide bonds. The number of amides is 2. The Labute approximate surface area is 289 Å². The van der Waals surface area contributed by atoms with Crippen LogP contribution < -0.4 is 0 Å². The summed E-state index contributed by atoms with van der Waals surface area (Å²) in [7, 11) is 0. The fraction of sp³-hybridized carbons (Fsp3) is 0.950. The van der Waals surface area contributed by atoms with Crippen molar-refractivity contribution in [3.05, 3.63) is 0 Å². The van der Waals surface area contributed by atoms with Crippen LogP contribution in [0.1, 0.15) is 126 Å². The minimum atomic E-state index is -0.539. The van der Waals surface area contributed by atoms with E-state index in [9.17, 15) is 14.7 Å². The molecule has 2 spiro atoms. The van der Waals surface area contributed by atoms with Crippen molar-refractivity contribution < 1.29 is 28.9 Å². The van der Waals surface area contributed by atoms with Gasteiger partial charge in [0, 0.05) is 37.0 Å². The third kappa shape index (κ3) is 4.38. The maximum atomic E-state index is 13.3. The molecule has 13 atom stereocenters. The first-order valence-electron chi connectivity index (χ1n) is 20.0. The highest BCUT2D eigenvalue weighted by molar-refractivity contribution is 5.69. The van der Waals surface area contributed by atoms with Gasteiger partial charge in [-0.15, -0.1) is 0 Å². The molecule has 8 nitrogen and oxygen atoms in total. The Morgan fingerprint density at radius 2 is 1.48 bits per heavy atom. The largest absolute Gasteiger partial charge is 0.446 e. The Bertz CT molecular complexity index is 1290. The molecule has 5 aliphatic carbocycles. The lowest BCUT2D eigenvalue weighted by molar-refractivity contribution is -0.185. The van der Waals surface area contributed by atoms with E-state index in [1.54, 1.807) is 4.90 Å². The van der Waals surface area contributed by atoms with Gasteiger partial charge in [-0.1, -0.05) is 48.5 Å². The van der Waals surface area contributed by atoms with Crippen LogP contribution in [0.15, 0.2) is 0 Å². The number of piperidine rings is 1. The van der Waals surface area contributed by atoms with E-state index in [0.717, 1.165) is 84.0 Å². The van der Waals surface area contributed by atoms with Crippen molar-refractivity contribution in [3.63, 3.8) is 0 Å². The van der Waals surface area contributed by atoms with E-state index in [2.05, 4.69) is 48.5 Å². The van der Waals surface area contributed by atoms with Gasteiger partial charge in [-0.2, -0.15) is 0 Å². The van der Waals surface area contributed by atoms with Crippen LogP contribution in [-0.4, -0.2) is 83.8 Å². The first-order valence-corrected chi connectivity index (χ1v) is 20.0. The third-order valence-electron chi connectivity index (χ3n) is 17.0. The van der Waals surface area contributed by atoms with Gasteiger partial charge >= 0.3 is 12.2 Å². The molecule has 0 unspecified atom stereocenters. The van der Waals surface area contributed by atoms with E-state index in [4.69, 9.17) is 14.2 Å². The second-order valence-electron chi connectivity index (χ2n) is 19.4. The van der Waals surface area contributed by atoms with Crippen molar-refractivity contribution in [3.8, 4) is 0 Å². The molecule has 5 saturated carbocycles. The Morgan fingerprint density at radius 1 is 0.833 bits per heavy atom. The molecule has 8 rings (SSSR count). The van der Waals surface area contributed by atoms with E-state index in [0.29, 0.717) is 23.7 Å². The number of nitrogens with zero attached hydrogens (tertiary/aromatic N) is 2. The van der Waals surface area contributed by atoms with E-state index in [-0.39, 0.29) is 69.6 Å². The molecule has 0 aromatic heterocycles. The van der Waals surface area contributed by atoms with E-state index >= 15 is 0 Å². The van der Waals surface area contributed by atoms with Gasteiger partial charge in [-0.25, -0.2) is 9.59 Å². The minimum absolute atomic E-state index is 0.00761. The lowest BCUT2D eigenvalue weighted by Gasteiger charge is -2.63. The number of carbonyl (C=O) groups excluding carboxylic acids is 2. The first kappa shape index (κ1) is 33.6. The van der Waals surface area contributed by atoms with Gasteiger partial charge < -0.3 is 29.1 Å². The normalized spacial score (nSPS) is 49.4. The fourth-order valence-corrected chi connectivity index (χ4v) is 14.3. The number of aliphatic hydroxyl groups excluding tert-OH is 1. The summed E-state index contributed by atoms with van der Waals surface area (Å²) in [5.41, 5.74) is 0.238. The number of rotatable bonds is 4. The maximum Gasteiger partial charge on any atom is 0.410 e. The van der Waals surface area contributed by atoms with Crippen LogP contribution in [0.25, 0.3) is 0 Å². The van der Waals surface area contributed by atoms with Crippen LogP contribution >= 0.6 is 0 Å². The zero-order chi connectivity index (χ0) is 34.0. The summed E-state index contributed by atoms with van der Waals surface area (Å²) in [5, 5.41) is 12.6. The number of carbonyl (C=O) groups is 2. The molecule has 0 radical (unpaired) electrons. The van der Waals surface area contributed by atoms with E-state index in [1.807, 2.05) is 4.90 Å². The van der Waals surface area contributed by atoms with E-state index < -0.39 is 6.10 Å². The molecular formula is C40H64N2O6. The molecule has 48 heavy (non-hydrogen) atoms. The number of ether oxygens (including phenoxy) is 3. The summed E-state index contributed by atoms with van der Waals surface area (Å²) in [6.45, 7) is 19.6. The monoisotopic (exact) mass is 668 g/mol. The maximum absolute atomic E-state index is 13.3. The summed E-state index contributed by atoms with van der Waals surface area (Å²) in [6, 6.07) is 0. The van der Waals surface area contributed by atoms with Crippen molar-refractivity contribution >= 4 is 12.2 Å². The zero-order valence-corrected chi connectivity index (χ0v) is 31.0. The fourth-order valence-electron chi connectivity index (χ4n) is 14.3. The van der Waals surface area contributed by atoms with Gasteiger partial charge in [0.2, 0.25) is 0 Å². The highest BCUT2D eigenvalue weighted by atomic mass is 16.6. The predicted octanol–water partition coefficient (Wildman–Crippen LogP) is 7.66. The van der Waals surface area contributed by atoms with Crippen LogP contribution in [0.2, 0.25) is 0 Å². The second kappa shape index (κ2) is 11.2. The molecule has 3 heterocycles. The molecule has 3 aliphatic heterocycles. The quantitative estimate of drug-likeness (QED) is 0.331. The number of likely N-dealkylation sites (tertiary alicyclic amines) is 2. The van der Waals surface area contributed by atoms with Gasteiger partial charge in [-0.3, -0.25) is 0 Å². The van der Waals surface area contributed by atoms with Gasteiger partial charge in [0.05, 0.1) is 18.3 Å². The average Bonchev–Trinajstić information content (AvgIpc) is 3.65. The summed E-state index contributed by atoms with van der Waals surface area (Å²) < 4.78 is 19.6. The molecule has 3 saturated heterocycles. The number of hydrogen-bond acceptors (Lipinski definition) is 6. The summed E-state index contributed by atoms with van der Waals surface area (Å²) in [4.78, 5) is 29.9. The van der Waals surface area contributed by atoms with Crippen LogP contribution in [0, 0.1) is 56.7 Å². The molecular weight excluding hydrogens is 604 g/mol. The predicted molar refractivity (Wildman–Crippen MR) is 183 cm³/mol. The van der Waals surface area contributed by atoms with E-state index in [1.165, 1.54) is 19.3 Å². The van der Waals surface area contributed by atoms with Gasteiger partial charge in [0.1, 0.15) is 12.2 Å². The molecule has 0 aromatic rings. The Hall–Kier alpha value is -1.54. The molecule has 0 bridgehead atoms. The Balaban J connectivity index is 1.03. The average molecular weight is 669 g/mol. The molecule has 8 fully saturated rings. The number of aliphatic hydroxyl groups is 1. The molecule has 1 N–H and O–H groups in total. The minimum Gasteiger partial charge on any atom is -0.446 e. The molecule has 0 aromatic carbocycles. The Morgan fingerprint density at radius 3 is 2.15 bits per heavy atom. The highest BCUT2D eigenvalue weighted by Gasteiger charge is 2.84. The summed E-state index contributed by atoms with van der Waals surface area (Å²) >= 11 is 0. The van der Waals surface area contributed by atoms with Gasteiger partial charge in [-0.05, 0) is 123 Å². The molecule has 8 heteroatoms. The van der Waals surface area contributed by atoms with Crippen molar-refractivity contribution in [2.24, 2.45) is 56.7 Å². The van der Waals surface area contributed by atoms with Crippen LogP contribution in [-0.2, 0) is 14.2 Å². The smallest absolute Gasteiger partial charge is 0.410 e. The van der Waals surface area contributed by atoms with Gasteiger partial charge in [0.15, 0.2) is 0 Å². The standard InChI is InChI=1S/C40H64N2O6/c1-24(2)31(48-35(45)42-20-11-21-42)26-22-25(3)30-32(46-26)33(43)38(7)28-13-12-27-36(4,5)29(47-34(44)41-18-9-8-10-19-41)14-15-39(27)23-40(28,39)17-16-37(30,38)6/h24-33,43H,8-23H2,1-7H3/t25-,26-,27+,28+,29+,30+,31-,32+,33+,37-,38-,39-,40+/m1/s1. The van der Waals surface area contributed by atoms with Crippen molar-refractivity contribution in [1.29, 1.82) is 0 Å². The lowest BCUT2D eigenvalue weighted by Crippen LogP contribution is -2.60. The molecule has 270 valence electrons. The van der Waals surface area contributed by atoms with Crippen LogP contribution in [0.4, 0.5) is 9.59 Å². The SMILES string of the molecule is CC(C)[C@@H](OC(=O)N1CCC1)[C@H]1C[C@@H](C)[C@H]2[C@H](O1)[C@H](O)[C@@]1(C)[C@@H]3CC[C@H]4C(C)(C)[C@@H](OC(=O)N5CCCCC5)CC[C@@]45C[C@@]35CC[C@]21C. The summed E-state index contributed by atoms with van der Waals surface area (Å²) in [6.07, 6.45) is 11.7. The van der Waals surface area contributed by atoms with Gasteiger partial charge in [0.25, 0.3) is 0 Å². The first-order chi connectivity index (χ1) is 22.7. The third-order valence-corrected chi connectivity index (χ3v) is 17.0. The van der Waals surface area contributed by atoms with Crippen LogP contribution in [0.5, 0.6) is 0 Å². The number of hydrogen-bond donors (Lipinski definition) is 1. The topological polar surface area (TPSA) is 88.5 Å². The van der Waals surface area contributed by atoms with Crippen molar-refractivity contribution in [1.82, 2.24) is 9.80 Å². The Kier molecular flexibility index (Phi) is 7.86. The second-order valence-corrected chi connectivity index (χ2v) is 19.4. The lowest BCUT2D eigenvalue weighted by atomic mass is 9.41. The zero-order valence-electron chi connectivity index (χ0n) is 31.0. The number of fused-ring (bicyclic) bond motifs is 4. The van der Waals surface area contributed by atoms with Crippen LogP contribution in [0.3, 0.4) is 0 Å². The highest BCUT2D eigenvalue weighted by Crippen LogP contribution is 2.89.